The number of anilines is 3. The van der Waals surface area contributed by atoms with Crippen LogP contribution in [0.2, 0.25) is 10.0 Å². The zero-order valence-electron chi connectivity index (χ0n) is 9.82. The molecule has 0 unspecified atom stereocenters. The fourth-order valence-electron chi connectivity index (χ4n) is 1.76. The van der Waals surface area contributed by atoms with E-state index >= 15 is 0 Å². The van der Waals surface area contributed by atoms with Crippen molar-refractivity contribution < 1.29 is 4.39 Å². The normalized spacial score (nSPS) is 10.9. The minimum Gasteiger partial charge on any atom is -0.397 e. The number of hydrogen-bond acceptors (Lipinski definition) is 5. The molecular weight excluding hydrogens is 322 g/mol. The van der Waals surface area contributed by atoms with Gasteiger partial charge in [0.2, 0.25) is 0 Å². The van der Waals surface area contributed by atoms with E-state index < -0.39 is 5.82 Å². The predicted octanol–water partition coefficient (Wildman–Crippen LogP) is 4.46. The molecule has 3 N–H and O–H groups in total. The largest absolute Gasteiger partial charge is 0.397 e. The average molecular weight is 329 g/mol. The van der Waals surface area contributed by atoms with Gasteiger partial charge in [-0.15, -0.1) is 0 Å². The number of benzene rings is 2. The fraction of sp³-hybridized carbons (Fsp3) is 0. The summed E-state index contributed by atoms with van der Waals surface area (Å²) in [6, 6.07) is 5.60. The van der Waals surface area contributed by atoms with Crippen LogP contribution >= 0.6 is 34.9 Å². The molecule has 2 aromatic carbocycles. The van der Waals surface area contributed by atoms with Gasteiger partial charge in [-0.1, -0.05) is 23.2 Å². The lowest BCUT2D eigenvalue weighted by molar-refractivity contribution is 0.628. The molecule has 0 spiro atoms. The van der Waals surface area contributed by atoms with Crippen molar-refractivity contribution in [1.29, 1.82) is 0 Å². The van der Waals surface area contributed by atoms with Crippen LogP contribution in [-0.2, 0) is 0 Å². The molecule has 0 saturated carbocycles. The Bertz CT molecular complexity index is 805. The first-order valence-electron chi connectivity index (χ1n) is 5.48. The van der Waals surface area contributed by atoms with E-state index in [1.807, 2.05) is 0 Å². The van der Waals surface area contributed by atoms with Crippen molar-refractivity contribution in [1.82, 2.24) is 8.75 Å². The topological polar surface area (TPSA) is 63.8 Å². The molecule has 0 aliphatic carbocycles. The second-order valence-corrected chi connectivity index (χ2v) is 5.38. The second kappa shape index (κ2) is 5.05. The Hall–Kier alpha value is -1.63. The van der Waals surface area contributed by atoms with Gasteiger partial charge in [0, 0.05) is 0 Å². The summed E-state index contributed by atoms with van der Waals surface area (Å²) in [6.45, 7) is 0. The van der Waals surface area contributed by atoms with Crippen LogP contribution in [0.4, 0.5) is 21.5 Å². The van der Waals surface area contributed by atoms with E-state index in [4.69, 9.17) is 28.9 Å². The van der Waals surface area contributed by atoms with Crippen LogP contribution in [-0.4, -0.2) is 8.75 Å². The number of fused-ring (bicyclic) bond motifs is 1. The first-order chi connectivity index (χ1) is 9.56. The smallest absolute Gasteiger partial charge is 0.131 e. The number of nitrogen functional groups attached to an aromatic ring is 1. The number of nitrogens with two attached hydrogens (primary N) is 1. The van der Waals surface area contributed by atoms with Gasteiger partial charge in [-0.25, -0.2) is 4.39 Å². The van der Waals surface area contributed by atoms with Gasteiger partial charge in [0.1, 0.15) is 16.9 Å². The molecule has 0 aliphatic rings. The minimum atomic E-state index is -0.403. The molecule has 0 saturated heterocycles. The molecule has 0 radical (unpaired) electrons. The highest BCUT2D eigenvalue weighted by Crippen LogP contribution is 2.37. The quantitative estimate of drug-likeness (QED) is 0.681. The number of nitrogens with zero attached hydrogens (tertiary/aromatic N) is 2. The third-order valence-electron chi connectivity index (χ3n) is 2.72. The number of hydrogen-bond donors (Lipinski definition) is 2. The molecule has 0 aliphatic heterocycles. The van der Waals surface area contributed by atoms with Gasteiger partial charge in [-0.3, -0.25) is 0 Å². The van der Waals surface area contributed by atoms with E-state index in [1.54, 1.807) is 6.07 Å². The molecule has 0 fully saturated rings. The maximum atomic E-state index is 13.3. The summed E-state index contributed by atoms with van der Waals surface area (Å²) in [5, 5.41) is 3.76. The first-order valence-corrected chi connectivity index (χ1v) is 6.97. The standard InChI is InChI=1S/C12H7Cl2FN4S/c13-6-4-7(14)11-12(19-20-18-11)10(6)17-9-3-5(15)1-2-8(9)16/h1-4,17H,16H2. The molecule has 3 rings (SSSR count). The van der Waals surface area contributed by atoms with Crippen molar-refractivity contribution >= 4 is 63.0 Å². The van der Waals surface area contributed by atoms with Crippen molar-refractivity contribution in [2.45, 2.75) is 0 Å². The number of halogens is 3. The third kappa shape index (κ3) is 2.26. The van der Waals surface area contributed by atoms with E-state index in [0.717, 1.165) is 11.7 Å². The Labute approximate surface area is 127 Å². The molecule has 4 nitrogen and oxygen atoms in total. The summed E-state index contributed by atoms with van der Waals surface area (Å²) in [7, 11) is 0. The Balaban J connectivity index is 2.15. The third-order valence-corrected chi connectivity index (χ3v) is 3.83. The van der Waals surface area contributed by atoms with Gasteiger partial charge in [0.05, 0.1) is 38.8 Å². The van der Waals surface area contributed by atoms with Crippen LogP contribution in [0.15, 0.2) is 24.3 Å². The summed E-state index contributed by atoms with van der Waals surface area (Å²) in [5.41, 5.74) is 8.17. The summed E-state index contributed by atoms with van der Waals surface area (Å²) in [6.07, 6.45) is 0. The van der Waals surface area contributed by atoms with Crippen LogP contribution in [0, 0.1) is 5.82 Å². The van der Waals surface area contributed by atoms with Gasteiger partial charge in [-0.05, 0) is 24.3 Å². The van der Waals surface area contributed by atoms with Crippen LogP contribution < -0.4 is 11.1 Å². The Morgan fingerprint density at radius 1 is 1.10 bits per heavy atom. The van der Waals surface area contributed by atoms with Crippen molar-refractivity contribution in [2.75, 3.05) is 11.1 Å². The zero-order chi connectivity index (χ0) is 14.3. The van der Waals surface area contributed by atoms with E-state index in [0.29, 0.717) is 38.1 Å². The molecule has 102 valence electrons. The molecule has 0 amide bonds. The highest BCUT2D eigenvalue weighted by atomic mass is 35.5. The predicted molar refractivity (Wildman–Crippen MR) is 81.5 cm³/mol. The summed E-state index contributed by atoms with van der Waals surface area (Å²) in [5.74, 6) is -0.403. The SMILES string of the molecule is Nc1ccc(F)cc1Nc1c(Cl)cc(Cl)c2nsnc12. The minimum absolute atomic E-state index is 0.360. The van der Waals surface area contributed by atoms with Crippen molar-refractivity contribution in [2.24, 2.45) is 0 Å². The number of nitrogens with one attached hydrogen (secondary N) is 1. The Kier molecular flexibility index (Phi) is 3.37. The van der Waals surface area contributed by atoms with Crippen LogP contribution in [0.3, 0.4) is 0 Å². The van der Waals surface area contributed by atoms with E-state index in [9.17, 15) is 4.39 Å². The van der Waals surface area contributed by atoms with Gasteiger partial charge in [-0.2, -0.15) is 8.75 Å². The molecule has 8 heteroatoms. The molecule has 1 heterocycles. The number of rotatable bonds is 2. The highest BCUT2D eigenvalue weighted by Gasteiger charge is 2.15. The lowest BCUT2D eigenvalue weighted by atomic mass is 10.2. The molecule has 1 aromatic heterocycles. The molecule has 3 aromatic rings. The highest BCUT2D eigenvalue weighted by molar-refractivity contribution is 7.00. The number of aromatic nitrogens is 2. The maximum absolute atomic E-state index is 13.3. The van der Waals surface area contributed by atoms with Crippen molar-refractivity contribution in [3.63, 3.8) is 0 Å². The fourth-order valence-corrected chi connectivity index (χ4v) is 2.92. The van der Waals surface area contributed by atoms with E-state index in [1.165, 1.54) is 18.2 Å². The van der Waals surface area contributed by atoms with Crippen molar-refractivity contribution in [3.05, 3.63) is 40.1 Å². The summed E-state index contributed by atoms with van der Waals surface area (Å²) < 4.78 is 21.5. The summed E-state index contributed by atoms with van der Waals surface area (Å²) >= 11 is 13.2. The summed E-state index contributed by atoms with van der Waals surface area (Å²) in [4.78, 5) is 0. The Morgan fingerprint density at radius 2 is 1.85 bits per heavy atom. The average Bonchev–Trinajstić information content (AvgIpc) is 2.88. The van der Waals surface area contributed by atoms with E-state index in [-0.39, 0.29) is 0 Å². The molecular formula is C12H7Cl2FN4S. The zero-order valence-corrected chi connectivity index (χ0v) is 12.2. The van der Waals surface area contributed by atoms with Gasteiger partial charge >= 0.3 is 0 Å². The Morgan fingerprint density at radius 3 is 2.65 bits per heavy atom. The lowest BCUT2D eigenvalue weighted by Crippen LogP contribution is -1.98. The maximum Gasteiger partial charge on any atom is 0.131 e. The second-order valence-electron chi connectivity index (χ2n) is 4.03. The lowest BCUT2D eigenvalue weighted by Gasteiger charge is -2.11. The first kappa shape index (κ1) is 13.4. The van der Waals surface area contributed by atoms with Gasteiger partial charge < -0.3 is 11.1 Å². The molecule has 20 heavy (non-hydrogen) atoms. The monoisotopic (exact) mass is 328 g/mol. The van der Waals surface area contributed by atoms with E-state index in [2.05, 4.69) is 14.1 Å². The van der Waals surface area contributed by atoms with Crippen LogP contribution in [0.1, 0.15) is 0 Å². The van der Waals surface area contributed by atoms with Gasteiger partial charge in [0.25, 0.3) is 0 Å². The van der Waals surface area contributed by atoms with Crippen LogP contribution in [0.25, 0.3) is 11.0 Å². The molecule has 0 bridgehead atoms. The van der Waals surface area contributed by atoms with Crippen LogP contribution in [0.5, 0.6) is 0 Å². The van der Waals surface area contributed by atoms with Crippen molar-refractivity contribution in [3.8, 4) is 0 Å². The van der Waals surface area contributed by atoms with Gasteiger partial charge in [0.15, 0.2) is 0 Å². The molecule has 0 atom stereocenters.